The van der Waals surface area contributed by atoms with Crippen LogP contribution in [0.4, 0.5) is 0 Å². The van der Waals surface area contributed by atoms with Crippen LogP contribution in [-0.4, -0.2) is 66.1 Å². The summed E-state index contributed by atoms with van der Waals surface area (Å²) < 4.78 is 13.8. The molecule has 4 aromatic carbocycles. The molecule has 0 unspecified atom stereocenters. The molecule has 1 aromatic heterocycles. The second-order valence-corrected chi connectivity index (χ2v) is 12.6. The number of piperazine rings is 1. The number of hydrogen-bond acceptors (Lipinski definition) is 5. The molecule has 6 rings (SSSR count). The molecule has 1 aliphatic heterocycles. The number of primary amides is 1. The van der Waals surface area contributed by atoms with Gasteiger partial charge < -0.3 is 24.7 Å². The van der Waals surface area contributed by atoms with Crippen LogP contribution in [0.15, 0.2) is 109 Å². The van der Waals surface area contributed by atoms with Crippen LogP contribution in [0.1, 0.15) is 39.2 Å². The van der Waals surface area contributed by atoms with Gasteiger partial charge in [0.05, 0.1) is 31.2 Å². The van der Waals surface area contributed by atoms with Crippen LogP contribution in [0.3, 0.4) is 0 Å². The minimum Gasteiger partial charge on any atom is -0.493 e. The van der Waals surface area contributed by atoms with Gasteiger partial charge in [-0.05, 0) is 60.2 Å². The fourth-order valence-corrected chi connectivity index (χ4v) is 6.96. The van der Waals surface area contributed by atoms with E-state index >= 15 is 0 Å². The van der Waals surface area contributed by atoms with Gasteiger partial charge in [0.25, 0.3) is 5.91 Å². The summed E-state index contributed by atoms with van der Waals surface area (Å²) in [6.45, 7) is 5.00. The number of hydrogen-bond donors (Lipinski definition) is 1. The van der Waals surface area contributed by atoms with E-state index in [1.54, 1.807) is 14.2 Å². The van der Waals surface area contributed by atoms with E-state index in [2.05, 4.69) is 62.9 Å². The van der Waals surface area contributed by atoms with Crippen LogP contribution < -0.4 is 15.2 Å². The third kappa shape index (κ3) is 7.55. The molecule has 0 spiro atoms. The Labute approximate surface area is 288 Å². The van der Waals surface area contributed by atoms with Crippen molar-refractivity contribution < 1.29 is 19.1 Å². The first-order chi connectivity index (χ1) is 23.9. The summed E-state index contributed by atoms with van der Waals surface area (Å²) in [6, 6.07) is 36.8. The average molecular weight is 657 g/mol. The van der Waals surface area contributed by atoms with Crippen LogP contribution in [0.25, 0.3) is 16.9 Å². The summed E-state index contributed by atoms with van der Waals surface area (Å²) in [4.78, 5) is 31.2. The summed E-state index contributed by atoms with van der Waals surface area (Å²) in [6.07, 6.45) is 1.41. The largest absolute Gasteiger partial charge is 0.493 e. The summed E-state index contributed by atoms with van der Waals surface area (Å²) in [7, 11) is 3.21. The zero-order valence-electron chi connectivity index (χ0n) is 28.5. The third-order valence-corrected chi connectivity index (χ3v) is 9.27. The lowest BCUT2D eigenvalue weighted by Gasteiger charge is -2.42. The van der Waals surface area contributed by atoms with Gasteiger partial charge in [0, 0.05) is 44.3 Å². The van der Waals surface area contributed by atoms with Crippen molar-refractivity contribution in [2.24, 2.45) is 5.73 Å². The lowest BCUT2D eigenvalue weighted by atomic mass is 9.99. The standard InChI is InChI=1S/C41H44N4O4/c1-29-23-35(41(47)44-22-21-43(27-31-15-9-5-10-16-31)28-34(44)24-30-13-7-4-8-14-30)39(33-17-11-6-12-18-33)45(29)36-25-32(19-20-38(42)46)26-37(48-2)40(36)49-3/h4-18,23,25-26,34H,19-22,24,27-28H2,1-3H3,(H2,42,46)/t34-/m1/s1. The number of aromatic nitrogens is 1. The van der Waals surface area contributed by atoms with Gasteiger partial charge in [-0.3, -0.25) is 14.5 Å². The highest BCUT2D eigenvalue weighted by Crippen LogP contribution is 2.41. The molecule has 1 saturated heterocycles. The molecule has 2 N–H and O–H groups in total. The third-order valence-electron chi connectivity index (χ3n) is 9.27. The zero-order valence-corrected chi connectivity index (χ0v) is 28.5. The van der Waals surface area contributed by atoms with Gasteiger partial charge in [0.2, 0.25) is 5.91 Å². The summed E-state index contributed by atoms with van der Waals surface area (Å²) in [5.41, 5.74) is 12.8. The molecular weight excluding hydrogens is 612 g/mol. The van der Waals surface area contributed by atoms with Gasteiger partial charge in [-0.1, -0.05) is 91.0 Å². The molecule has 2 heterocycles. The second-order valence-electron chi connectivity index (χ2n) is 12.6. The summed E-state index contributed by atoms with van der Waals surface area (Å²) >= 11 is 0. The number of benzene rings is 4. The molecule has 49 heavy (non-hydrogen) atoms. The number of nitrogens with two attached hydrogens (primary N) is 1. The highest BCUT2D eigenvalue weighted by molar-refractivity contribution is 6.01. The van der Waals surface area contributed by atoms with E-state index in [9.17, 15) is 9.59 Å². The van der Waals surface area contributed by atoms with Gasteiger partial charge in [0.15, 0.2) is 11.5 Å². The monoisotopic (exact) mass is 656 g/mol. The van der Waals surface area contributed by atoms with Gasteiger partial charge in [-0.2, -0.15) is 0 Å². The lowest BCUT2D eigenvalue weighted by Crippen LogP contribution is -2.55. The Morgan fingerprint density at radius 3 is 2.08 bits per heavy atom. The molecule has 0 aliphatic carbocycles. The summed E-state index contributed by atoms with van der Waals surface area (Å²) in [5.74, 6) is 0.700. The Kier molecular flexibility index (Phi) is 10.4. The Morgan fingerprint density at radius 2 is 1.45 bits per heavy atom. The van der Waals surface area contributed by atoms with Crippen LogP contribution >= 0.6 is 0 Å². The smallest absolute Gasteiger partial charge is 0.256 e. The van der Waals surface area contributed by atoms with Crippen molar-refractivity contribution in [1.29, 1.82) is 0 Å². The quantitative estimate of drug-likeness (QED) is 0.167. The molecular formula is C41H44N4O4. The maximum Gasteiger partial charge on any atom is 0.256 e. The minimum absolute atomic E-state index is 0.00295. The minimum atomic E-state index is -0.375. The second kappa shape index (κ2) is 15.3. The number of ether oxygens (including phenoxy) is 2. The first kappa shape index (κ1) is 33.6. The SMILES string of the molecule is COc1cc(CCC(N)=O)cc(-n2c(C)cc(C(=O)N3CCN(Cc4ccccc4)C[C@H]3Cc3ccccc3)c2-c2ccccc2)c1OC. The van der Waals surface area contributed by atoms with Crippen LogP contribution in [-0.2, 0) is 24.2 Å². The van der Waals surface area contributed by atoms with Crippen molar-refractivity contribution in [3.63, 3.8) is 0 Å². The molecule has 1 fully saturated rings. The normalized spacial score (nSPS) is 14.8. The first-order valence-corrected chi connectivity index (χ1v) is 16.8. The highest BCUT2D eigenvalue weighted by atomic mass is 16.5. The van der Waals surface area contributed by atoms with Crippen LogP contribution in [0.2, 0.25) is 0 Å². The van der Waals surface area contributed by atoms with Crippen molar-refractivity contribution in [2.75, 3.05) is 33.9 Å². The fourth-order valence-electron chi connectivity index (χ4n) is 6.96. The molecule has 252 valence electrons. The van der Waals surface area contributed by atoms with Crippen molar-refractivity contribution in [3.05, 3.63) is 137 Å². The van der Waals surface area contributed by atoms with Crippen molar-refractivity contribution in [1.82, 2.24) is 14.4 Å². The topological polar surface area (TPSA) is 90.0 Å². The number of aryl methyl sites for hydroxylation is 2. The fraction of sp³-hybridized carbons (Fsp3) is 0.268. The highest BCUT2D eigenvalue weighted by Gasteiger charge is 2.34. The Balaban J connectivity index is 1.44. The number of carbonyl (C=O) groups excluding carboxylic acids is 2. The van der Waals surface area contributed by atoms with E-state index in [1.165, 1.54) is 11.1 Å². The van der Waals surface area contributed by atoms with Gasteiger partial charge >= 0.3 is 0 Å². The molecule has 2 amide bonds. The van der Waals surface area contributed by atoms with Gasteiger partial charge in [-0.15, -0.1) is 0 Å². The van der Waals surface area contributed by atoms with E-state index in [4.69, 9.17) is 15.2 Å². The molecule has 1 aliphatic rings. The number of carbonyl (C=O) groups is 2. The van der Waals surface area contributed by atoms with Crippen molar-refractivity contribution in [3.8, 4) is 28.4 Å². The molecule has 8 nitrogen and oxygen atoms in total. The van der Waals surface area contributed by atoms with E-state index in [0.29, 0.717) is 30.0 Å². The van der Waals surface area contributed by atoms with Gasteiger partial charge in [-0.25, -0.2) is 0 Å². The van der Waals surface area contributed by atoms with E-state index in [-0.39, 0.29) is 24.3 Å². The Bertz CT molecular complexity index is 1890. The van der Waals surface area contributed by atoms with Crippen molar-refractivity contribution >= 4 is 11.8 Å². The van der Waals surface area contributed by atoms with E-state index < -0.39 is 0 Å². The van der Waals surface area contributed by atoms with E-state index in [1.807, 2.05) is 67.6 Å². The Hall–Kier alpha value is -5.34. The maximum absolute atomic E-state index is 15.0. The zero-order chi connectivity index (χ0) is 34.3. The van der Waals surface area contributed by atoms with E-state index in [0.717, 1.165) is 54.3 Å². The first-order valence-electron chi connectivity index (χ1n) is 16.8. The predicted molar refractivity (Wildman–Crippen MR) is 193 cm³/mol. The van der Waals surface area contributed by atoms with Crippen LogP contribution in [0.5, 0.6) is 11.5 Å². The summed E-state index contributed by atoms with van der Waals surface area (Å²) in [5, 5.41) is 0. The Morgan fingerprint density at radius 1 is 0.796 bits per heavy atom. The average Bonchev–Trinajstić information content (AvgIpc) is 3.48. The van der Waals surface area contributed by atoms with Crippen molar-refractivity contribution in [2.45, 2.75) is 38.8 Å². The molecule has 0 bridgehead atoms. The number of nitrogens with zero attached hydrogens (tertiary/aromatic N) is 3. The van der Waals surface area contributed by atoms with Crippen LogP contribution in [0, 0.1) is 6.92 Å². The number of amides is 2. The number of rotatable bonds is 12. The molecule has 8 heteroatoms. The molecule has 1 atom stereocenters. The maximum atomic E-state index is 15.0. The molecule has 0 saturated carbocycles. The lowest BCUT2D eigenvalue weighted by molar-refractivity contribution is -0.118. The predicted octanol–water partition coefficient (Wildman–Crippen LogP) is 6.46. The van der Waals surface area contributed by atoms with Gasteiger partial charge in [0.1, 0.15) is 0 Å². The number of methoxy groups -OCH3 is 2. The molecule has 5 aromatic rings. The molecule has 0 radical (unpaired) electrons.